The first-order chi connectivity index (χ1) is 13.5. The summed E-state index contributed by atoms with van der Waals surface area (Å²) in [4.78, 5) is 24.7. The van der Waals surface area contributed by atoms with Crippen molar-refractivity contribution in [2.24, 2.45) is 0 Å². The predicted octanol–water partition coefficient (Wildman–Crippen LogP) is 4.78. The van der Waals surface area contributed by atoms with Gasteiger partial charge in [0.15, 0.2) is 0 Å². The van der Waals surface area contributed by atoms with Gasteiger partial charge >= 0.3 is 0 Å². The first kappa shape index (κ1) is 19.4. The van der Waals surface area contributed by atoms with Gasteiger partial charge in [0.05, 0.1) is 17.1 Å². The summed E-state index contributed by atoms with van der Waals surface area (Å²) in [6.07, 6.45) is 0. The molecule has 0 saturated heterocycles. The van der Waals surface area contributed by atoms with E-state index < -0.39 is 5.82 Å². The highest BCUT2D eigenvalue weighted by atomic mass is 35.5. The highest BCUT2D eigenvalue weighted by molar-refractivity contribution is 6.31. The highest BCUT2D eigenvalue weighted by Crippen LogP contribution is 2.20. The summed E-state index contributed by atoms with van der Waals surface area (Å²) in [5.41, 5.74) is 1.98. The summed E-state index contributed by atoms with van der Waals surface area (Å²) in [5, 5.41) is 8.29. The molecule has 0 fully saturated rings. The zero-order valence-electron chi connectivity index (χ0n) is 14.7. The number of amides is 2. The SMILES string of the molecule is O=C(CNc1ccccc1C(=O)Nc1ccccc1)Nc1ccc(F)c(Cl)c1. The van der Waals surface area contributed by atoms with Crippen LogP contribution in [0.3, 0.4) is 0 Å². The predicted molar refractivity (Wildman–Crippen MR) is 109 cm³/mol. The lowest BCUT2D eigenvalue weighted by Gasteiger charge is -2.12. The molecule has 142 valence electrons. The summed E-state index contributed by atoms with van der Waals surface area (Å²) in [6.45, 7) is -0.0787. The Hall–Kier alpha value is -3.38. The van der Waals surface area contributed by atoms with Crippen LogP contribution in [0.15, 0.2) is 72.8 Å². The summed E-state index contributed by atoms with van der Waals surface area (Å²) < 4.78 is 13.2. The van der Waals surface area contributed by atoms with Gasteiger partial charge in [0, 0.05) is 17.1 Å². The molecule has 0 heterocycles. The lowest BCUT2D eigenvalue weighted by Crippen LogP contribution is -2.23. The number of nitrogens with one attached hydrogen (secondary N) is 3. The summed E-state index contributed by atoms with van der Waals surface area (Å²) >= 11 is 5.71. The molecule has 0 spiro atoms. The van der Waals surface area contributed by atoms with Crippen LogP contribution in [0.2, 0.25) is 5.02 Å². The number of anilines is 3. The van der Waals surface area contributed by atoms with E-state index in [2.05, 4.69) is 16.0 Å². The Morgan fingerprint density at radius 2 is 1.57 bits per heavy atom. The number of halogens is 2. The fourth-order valence-corrected chi connectivity index (χ4v) is 2.69. The van der Waals surface area contributed by atoms with Crippen molar-refractivity contribution in [2.45, 2.75) is 0 Å². The van der Waals surface area contributed by atoms with Gasteiger partial charge in [0.25, 0.3) is 5.91 Å². The molecule has 3 rings (SSSR count). The van der Waals surface area contributed by atoms with Crippen molar-refractivity contribution in [1.82, 2.24) is 0 Å². The first-order valence-corrected chi connectivity index (χ1v) is 8.85. The van der Waals surface area contributed by atoms with E-state index in [1.807, 2.05) is 18.2 Å². The number of hydrogen-bond acceptors (Lipinski definition) is 3. The van der Waals surface area contributed by atoms with Crippen molar-refractivity contribution in [3.8, 4) is 0 Å². The Labute approximate surface area is 166 Å². The molecule has 3 aromatic rings. The summed E-state index contributed by atoms with van der Waals surface area (Å²) in [6, 6.07) is 19.9. The van der Waals surface area contributed by atoms with Crippen LogP contribution in [0.5, 0.6) is 0 Å². The van der Waals surface area contributed by atoms with Crippen LogP contribution in [0.25, 0.3) is 0 Å². The first-order valence-electron chi connectivity index (χ1n) is 8.47. The number of para-hydroxylation sites is 2. The van der Waals surface area contributed by atoms with Crippen molar-refractivity contribution in [2.75, 3.05) is 22.5 Å². The van der Waals surface area contributed by atoms with Crippen molar-refractivity contribution in [1.29, 1.82) is 0 Å². The van der Waals surface area contributed by atoms with E-state index in [4.69, 9.17) is 11.6 Å². The maximum Gasteiger partial charge on any atom is 0.257 e. The van der Waals surface area contributed by atoms with Crippen LogP contribution in [0.1, 0.15) is 10.4 Å². The topological polar surface area (TPSA) is 70.2 Å². The zero-order chi connectivity index (χ0) is 19.9. The van der Waals surface area contributed by atoms with E-state index in [1.54, 1.807) is 36.4 Å². The highest BCUT2D eigenvalue weighted by Gasteiger charge is 2.12. The Morgan fingerprint density at radius 3 is 2.32 bits per heavy atom. The molecule has 0 unspecified atom stereocenters. The molecule has 0 radical (unpaired) electrons. The van der Waals surface area contributed by atoms with Crippen molar-refractivity contribution >= 4 is 40.5 Å². The third-order valence-electron chi connectivity index (χ3n) is 3.85. The molecule has 0 aliphatic heterocycles. The molecule has 0 saturated carbocycles. The van der Waals surface area contributed by atoms with Crippen LogP contribution in [0, 0.1) is 5.82 Å². The number of hydrogen-bond donors (Lipinski definition) is 3. The van der Waals surface area contributed by atoms with Crippen LogP contribution in [0.4, 0.5) is 21.5 Å². The maximum absolute atomic E-state index is 13.2. The van der Waals surface area contributed by atoms with Crippen molar-refractivity contribution in [3.63, 3.8) is 0 Å². The van der Waals surface area contributed by atoms with Crippen molar-refractivity contribution in [3.05, 3.63) is 89.2 Å². The van der Waals surface area contributed by atoms with Gasteiger partial charge in [0.2, 0.25) is 5.91 Å². The maximum atomic E-state index is 13.2. The average molecular weight is 398 g/mol. The minimum absolute atomic E-state index is 0.0753. The second-order valence-electron chi connectivity index (χ2n) is 5.90. The zero-order valence-corrected chi connectivity index (χ0v) is 15.5. The molecule has 0 aromatic heterocycles. The molecule has 3 aromatic carbocycles. The third kappa shape index (κ3) is 5.08. The fourth-order valence-electron chi connectivity index (χ4n) is 2.51. The van der Waals surface area contributed by atoms with E-state index in [-0.39, 0.29) is 23.4 Å². The summed E-state index contributed by atoms with van der Waals surface area (Å²) in [5.74, 6) is -1.21. The normalized spacial score (nSPS) is 10.2. The largest absolute Gasteiger partial charge is 0.376 e. The molecule has 0 aliphatic rings. The molecular formula is C21H17ClFN3O2. The van der Waals surface area contributed by atoms with Crippen LogP contribution >= 0.6 is 11.6 Å². The molecule has 0 aliphatic carbocycles. The second kappa shape index (κ2) is 9.01. The van der Waals surface area contributed by atoms with Gasteiger partial charge in [-0.25, -0.2) is 4.39 Å². The lowest BCUT2D eigenvalue weighted by molar-refractivity contribution is -0.114. The number of benzene rings is 3. The van der Waals surface area contributed by atoms with Crippen LogP contribution < -0.4 is 16.0 Å². The number of carbonyl (C=O) groups excluding carboxylic acids is 2. The minimum Gasteiger partial charge on any atom is -0.376 e. The Kier molecular flexibility index (Phi) is 6.24. The van der Waals surface area contributed by atoms with E-state index >= 15 is 0 Å². The second-order valence-corrected chi connectivity index (χ2v) is 6.30. The quantitative estimate of drug-likeness (QED) is 0.560. The van der Waals surface area contributed by atoms with Gasteiger partial charge in [-0.2, -0.15) is 0 Å². The van der Waals surface area contributed by atoms with Crippen LogP contribution in [-0.4, -0.2) is 18.4 Å². The van der Waals surface area contributed by atoms with Crippen molar-refractivity contribution < 1.29 is 14.0 Å². The molecule has 28 heavy (non-hydrogen) atoms. The average Bonchev–Trinajstić information content (AvgIpc) is 2.70. The molecule has 7 heteroatoms. The molecule has 5 nitrogen and oxygen atoms in total. The Balaban J connectivity index is 1.63. The number of carbonyl (C=O) groups is 2. The molecule has 3 N–H and O–H groups in total. The summed E-state index contributed by atoms with van der Waals surface area (Å²) in [7, 11) is 0. The number of rotatable bonds is 6. The van der Waals surface area contributed by atoms with Gasteiger partial charge in [-0.1, -0.05) is 41.9 Å². The lowest BCUT2D eigenvalue weighted by atomic mass is 10.1. The van der Waals surface area contributed by atoms with Gasteiger partial charge < -0.3 is 16.0 Å². The fraction of sp³-hybridized carbons (Fsp3) is 0.0476. The Bertz CT molecular complexity index is 996. The van der Waals surface area contributed by atoms with E-state index in [1.165, 1.54) is 18.2 Å². The van der Waals surface area contributed by atoms with Crippen LogP contribution in [-0.2, 0) is 4.79 Å². The molecule has 0 bridgehead atoms. The smallest absolute Gasteiger partial charge is 0.257 e. The molecular weight excluding hydrogens is 381 g/mol. The Morgan fingerprint density at radius 1 is 0.857 bits per heavy atom. The minimum atomic E-state index is -0.559. The van der Waals surface area contributed by atoms with E-state index in [0.29, 0.717) is 22.6 Å². The van der Waals surface area contributed by atoms with E-state index in [0.717, 1.165) is 0 Å². The van der Waals surface area contributed by atoms with E-state index in [9.17, 15) is 14.0 Å². The standard InChI is InChI=1S/C21H17ClFN3O2/c22-17-12-15(10-11-18(17)23)25-20(27)13-24-19-9-5-4-8-16(19)21(28)26-14-6-2-1-3-7-14/h1-12,24H,13H2,(H,25,27)(H,26,28). The third-order valence-corrected chi connectivity index (χ3v) is 4.14. The molecule has 2 amide bonds. The molecule has 0 atom stereocenters. The van der Waals surface area contributed by atoms with Gasteiger partial charge in [0.1, 0.15) is 5.82 Å². The monoisotopic (exact) mass is 397 g/mol. The van der Waals surface area contributed by atoms with Gasteiger partial charge in [-0.3, -0.25) is 9.59 Å². The van der Waals surface area contributed by atoms with Gasteiger partial charge in [-0.15, -0.1) is 0 Å². The van der Waals surface area contributed by atoms with Gasteiger partial charge in [-0.05, 0) is 42.5 Å².